The van der Waals surface area contributed by atoms with Crippen molar-refractivity contribution in [3.8, 4) is 56.4 Å². The van der Waals surface area contributed by atoms with Gasteiger partial charge in [-0.3, -0.25) is 4.98 Å². The molecular weight excluding hydrogens is 965 g/mol. The molecule has 0 atom stereocenters. The van der Waals surface area contributed by atoms with Crippen LogP contribution < -0.4 is 0 Å². The Morgan fingerprint density at radius 3 is 1.98 bits per heavy atom. The first-order chi connectivity index (χ1) is 30.2. The van der Waals surface area contributed by atoms with E-state index < -0.39 is 0 Å². The van der Waals surface area contributed by atoms with E-state index in [0.29, 0.717) is 5.71 Å². The number of benzene rings is 5. The molecule has 0 saturated carbocycles. The van der Waals surface area contributed by atoms with Crippen molar-refractivity contribution in [3.05, 3.63) is 175 Å². The summed E-state index contributed by atoms with van der Waals surface area (Å²) in [5, 5.41) is 4.17. The van der Waals surface area contributed by atoms with E-state index in [2.05, 4.69) is 151 Å². The fourth-order valence-corrected chi connectivity index (χ4v) is 7.91. The largest absolute Gasteiger partial charge is 0.486 e. The van der Waals surface area contributed by atoms with E-state index in [9.17, 15) is 0 Å². The first kappa shape index (κ1) is 44.0. The smallest absolute Gasteiger partial charge is 0.216 e. The summed E-state index contributed by atoms with van der Waals surface area (Å²) in [6, 6.07) is 50.3. The van der Waals surface area contributed by atoms with Gasteiger partial charge < -0.3 is 14.0 Å². The van der Waals surface area contributed by atoms with Gasteiger partial charge in [-0.2, -0.15) is 0 Å². The molecule has 64 heavy (non-hydrogen) atoms. The molecule has 0 unspecified atom stereocenters. The van der Waals surface area contributed by atoms with Crippen molar-refractivity contribution in [2.75, 3.05) is 0 Å². The maximum absolute atomic E-state index is 6.38. The third-order valence-electron chi connectivity index (χ3n) is 11.3. The molecule has 5 heterocycles. The molecule has 0 bridgehead atoms. The minimum absolute atomic E-state index is 0. The average molecular weight is 1020 g/mol. The molecule has 0 aliphatic rings. The van der Waals surface area contributed by atoms with Gasteiger partial charge in [-0.05, 0) is 65.2 Å². The van der Waals surface area contributed by atoms with Crippen LogP contribution in [0.3, 0.4) is 0 Å². The van der Waals surface area contributed by atoms with Crippen LogP contribution in [-0.2, 0) is 38.0 Å². The van der Waals surface area contributed by atoms with Crippen molar-refractivity contribution in [1.82, 2.24) is 29.5 Å². The maximum atomic E-state index is 6.38. The number of fused-ring (bicyclic) bond motifs is 4. The fraction of sp³-hybridized carbons (Fsp3) is 0.196. The van der Waals surface area contributed by atoms with E-state index >= 15 is 0 Å². The normalized spacial score (nSPS) is 11.7. The molecule has 8 heteroatoms. The Hall–Kier alpha value is -6.60. The predicted molar refractivity (Wildman–Crippen MR) is 257 cm³/mol. The Bertz CT molecular complexity index is 3230. The van der Waals surface area contributed by atoms with Crippen LogP contribution in [-0.4, -0.2) is 29.5 Å². The second-order valence-corrected chi connectivity index (χ2v) is 18.4. The third kappa shape index (κ3) is 8.94. The molecule has 10 aromatic rings. The summed E-state index contributed by atoms with van der Waals surface area (Å²) in [5.41, 5.74) is 13.6. The van der Waals surface area contributed by atoms with E-state index in [1.165, 1.54) is 22.3 Å². The van der Waals surface area contributed by atoms with E-state index in [1.54, 1.807) is 0 Å². The Morgan fingerprint density at radius 2 is 1.28 bits per heavy atom. The molecular formula is C56H50IrN6O-2. The fourth-order valence-electron chi connectivity index (χ4n) is 7.91. The minimum atomic E-state index is -0.183. The zero-order valence-electron chi connectivity index (χ0n) is 37.7. The standard InChI is InChI=1S/C32H29N4O.C24H21N2.Ir/c1-31(2,3)27-17-26(35-30(36-27)32(4,5)6)24-15-14-22-21-12-9-13-23(28(21)37-29(22)34-24)25-16-19-10-7-8-11-20(19)18-33-25;1-17-13-18(2)15-22(14-17)19-9-11-20(12-10-19)23-16-25-24(26(23)3)21-7-5-4-6-8-21;/h7-12,14-18H,1-6H3;4-7,9-16H,1-3H3;/q2*-1;. The molecule has 0 fully saturated rings. The van der Waals surface area contributed by atoms with E-state index in [1.807, 2.05) is 73.1 Å². The van der Waals surface area contributed by atoms with Crippen molar-refractivity contribution in [2.24, 2.45) is 7.05 Å². The van der Waals surface area contributed by atoms with Gasteiger partial charge in [-0.15, -0.1) is 54.1 Å². The van der Waals surface area contributed by atoms with Gasteiger partial charge in [0.1, 0.15) is 5.82 Å². The van der Waals surface area contributed by atoms with Crippen LogP contribution in [0.15, 0.2) is 144 Å². The average Bonchev–Trinajstić information content (AvgIpc) is 3.85. The molecule has 7 nitrogen and oxygen atoms in total. The predicted octanol–water partition coefficient (Wildman–Crippen LogP) is 13.9. The number of nitrogens with zero attached hydrogens (tertiary/aromatic N) is 6. The quantitative estimate of drug-likeness (QED) is 0.160. The summed E-state index contributed by atoms with van der Waals surface area (Å²) in [6.45, 7) is 17.2. The topological polar surface area (TPSA) is 82.5 Å². The third-order valence-corrected chi connectivity index (χ3v) is 11.3. The van der Waals surface area contributed by atoms with Crippen LogP contribution in [0, 0.1) is 26.0 Å². The molecule has 0 aliphatic heterocycles. The van der Waals surface area contributed by atoms with Gasteiger partial charge in [0.2, 0.25) is 5.71 Å². The molecule has 0 aliphatic carbocycles. The molecule has 0 saturated heterocycles. The van der Waals surface area contributed by atoms with Crippen molar-refractivity contribution in [1.29, 1.82) is 0 Å². The van der Waals surface area contributed by atoms with E-state index in [4.69, 9.17) is 24.4 Å². The van der Waals surface area contributed by atoms with Crippen LogP contribution in [0.1, 0.15) is 64.2 Å². The van der Waals surface area contributed by atoms with Gasteiger partial charge in [0.05, 0.1) is 34.2 Å². The molecule has 0 spiro atoms. The number of furan rings is 1. The zero-order chi connectivity index (χ0) is 44.0. The van der Waals surface area contributed by atoms with Gasteiger partial charge in [-0.25, -0.2) is 15.0 Å². The van der Waals surface area contributed by atoms with Gasteiger partial charge in [-0.1, -0.05) is 136 Å². The van der Waals surface area contributed by atoms with Crippen molar-refractivity contribution < 1.29 is 24.5 Å². The van der Waals surface area contributed by atoms with Crippen LogP contribution in [0.4, 0.5) is 0 Å². The Labute approximate surface area is 389 Å². The van der Waals surface area contributed by atoms with Gasteiger partial charge in [0, 0.05) is 55.8 Å². The molecule has 5 aromatic heterocycles. The zero-order valence-corrected chi connectivity index (χ0v) is 40.1. The molecule has 5 aromatic carbocycles. The molecule has 0 N–H and O–H groups in total. The summed E-state index contributed by atoms with van der Waals surface area (Å²) in [5.74, 6) is 1.74. The van der Waals surface area contributed by atoms with Crippen molar-refractivity contribution in [2.45, 2.75) is 66.2 Å². The molecule has 1 radical (unpaired) electrons. The summed E-state index contributed by atoms with van der Waals surface area (Å²) >= 11 is 0. The van der Waals surface area contributed by atoms with Crippen molar-refractivity contribution in [3.63, 3.8) is 0 Å². The number of pyridine rings is 2. The first-order valence-electron chi connectivity index (χ1n) is 21.4. The number of rotatable bonds is 5. The molecule has 321 valence electrons. The molecule has 0 amide bonds. The number of aryl methyl sites for hydroxylation is 2. The maximum Gasteiger partial charge on any atom is 0.216 e. The molecule has 10 rings (SSSR count). The summed E-state index contributed by atoms with van der Waals surface area (Å²) in [7, 11) is 2.05. The second kappa shape index (κ2) is 17.5. The van der Waals surface area contributed by atoms with Gasteiger partial charge in [0.15, 0.2) is 0 Å². The van der Waals surface area contributed by atoms with E-state index in [0.717, 1.165) is 83.9 Å². The van der Waals surface area contributed by atoms with Gasteiger partial charge in [0.25, 0.3) is 0 Å². The van der Waals surface area contributed by atoms with Crippen LogP contribution in [0.5, 0.6) is 0 Å². The van der Waals surface area contributed by atoms with Crippen LogP contribution in [0.2, 0.25) is 0 Å². The Morgan fingerprint density at radius 1 is 0.562 bits per heavy atom. The summed E-state index contributed by atoms with van der Waals surface area (Å²) < 4.78 is 8.50. The number of hydrogen-bond donors (Lipinski definition) is 0. The Balaban J connectivity index is 0.000000183. The Kier molecular flexibility index (Phi) is 12.1. The van der Waals surface area contributed by atoms with Crippen LogP contribution >= 0.6 is 0 Å². The van der Waals surface area contributed by atoms with Gasteiger partial charge >= 0.3 is 0 Å². The number of aromatic nitrogens is 6. The monoisotopic (exact) mass is 1020 g/mol. The SMILES string of the molecule is CC(C)(C)c1cc(-c2ccc3c(n2)oc2c(-c4cc5ccccc5cn4)[c-]ccc23)nc(C(C)(C)C)n1.Cc1cc(C)cc(-c2ccc(-c3cnc(-c4[c-]cccc4)n3C)cc2)c1.[Ir]. The summed E-state index contributed by atoms with van der Waals surface area (Å²) in [6.07, 6.45) is 3.83. The minimum Gasteiger partial charge on any atom is -0.486 e. The number of hydrogen-bond acceptors (Lipinski definition) is 6. The van der Waals surface area contributed by atoms with E-state index in [-0.39, 0.29) is 30.9 Å². The summed E-state index contributed by atoms with van der Waals surface area (Å²) in [4.78, 5) is 24.0. The van der Waals surface area contributed by atoms with Crippen molar-refractivity contribution >= 4 is 32.8 Å². The van der Waals surface area contributed by atoms with Crippen LogP contribution in [0.25, 0.3) is 89.3 Å². The second-order valence-electron chi connectivity index (χ2n) is 18.4. The first-order valence-corrected chi connectivity index (χ1v) is 21.4. The number of imidazole rings is 1.